The van der Waals surface area contributed by atoms with E-state index < -0.39 is 21.8 Å². The monoisotopic (exact) mass is 377 g/mol. The number of hydrazine groups is 1. The van der Waals surface area contributed by atoms with Gasteiger partial charge in [0.1, 0.15) is 10.6 Å². The van der Waals surface area contributed by atoms with Crippen molar-refractivity contribution >= 4 is 27.5 Å². The lowest BCUT2D eigenvalue weighted by Crippen LogP contribution is -2.46. The standard InChI is InChI=1S/C17H19N3O5S/c1-11-4-7-13(8-5-11)18-16(21)17(22)19-20-26(23,24)15-10-12(2)6-9-14(15)25-3/h4-10,20H,1-3H3,(H,18,21)(H,19,22). The molecule has 0 saturated carbocycles. The van der Waals surface area contributed by atoms with Crippen molar-refractivity contribution < 1.29 is 22.7 Å². The van der Waals surface area contributed by atoms with Crippen molar-refractivity contribution in [1.29, 1.82) is 0 Å². The van der Waals surface area contributed by atoms with Crippen LogP contribution in [0.15, 0.2) is 47.4 Å². The van der Waals surface area contributed by atoms with Crippen LogP contribution in [0.1, 0.15) is 11.1 Å². The number of anilines is 1. The summed E-state index contributed by atoms with van der Waals surface area (Å²) in [4.78, 5) is 25.4. The van der Waals surface area contributed by atoms with Gasteiger partial charge < -0.3 is 10.1 Å². The third-order valence-electron chi connectivity index (χ3n) is 3.42. The summed E-state index contributed by atoms with van der Waals surface area (Å²) in [5.41, 5.74) is 3.98. The predicted molar refractivity (Wildman–Crippen MR) is 96.0 cm³/mol. The zero-order valence-electron chi connectivity index (χ0n) is 14.5. The van der Waals surface area contributed by atoms with E-state index in [2.05, 4.69) is 5.32 Å². The van der Waals surface area contributed by atoms with Crippen LogP contribution in [0.2, 0.25) is 0 Å². The average molecular weight is 377 g/mol. The molecular formula is C17H19N3O5S. The van der Waals surface area contributed by atoms with Crippen LogP contribution in [0.3, 0.4) is 0 Å². The van der Waals surface area contributed by atoms with Crippen molar-refractivity contribution in [3.8, 4) is 5.75 Å². The molecule has 0 aliphatic rings. The summed E-state index contributed by atoms with van der Waals surface area (Å²) in [5.74, 6) is -2.05. The number of sulfonamides is 1. The van der Waals surface area contributed by atoms with Crippen molar-refractivity contribution in [1.82, 2.24) is 10.3 Å². The topological polar surface area (TPSA) is 114 Å². The number of amides is 2. The van der Waals surface area contributed by atoms with Crippen molar-refractivity contribution in [2.24, 2.45) is 0 Å². The second kappa shape index (κ2) is 7.98. The number of rotatable bonds is 5. The van der Waals surface area contributed by atoms with Crippen LogP contribution in [0.25, 0.3) is 0 Å². The van der Waals surface area contributed by atoms with Crippen LogP contribution in [0.4, 0.5) is 5.69 Å². The van der Waals surface area contributed by atoms with E-state index in [1.54, 1.807) is 37.3 Å². The molecule has 0 aliphatic heterocycles. The molecule has 0 unspecified atom stereocenters. The number of methoxy groups -OCH3 is 1. The summed E-state index contributed by atoms with van der Waals surface area (Å²) < 4.78 is 29.7. The van der Waals surface area contributed by atoms with Gasteiger partial charge in [-0.1, -0.05) is 23.8 Å². The average Bonchev–Trinajstić information content (AvgIpc) is 2.61. The molecule has 9 heteroatoms. The number of hydrogen-bond donors (Lipinski definition) is 3. The maximum atomic E-state index is 12.3. The first-order valence-corrected chi connectivity index (χ1v) is 9.05. The number of hydrogen-bond acceptors (Lipinski definition) is 5. The molecule has 0 fully saturated rings. The Balaban J connectivity index is 2.04. The van der Waals surface area contributed by atoms with Gasteiger partial charge in [0.2, 0.25) is 0 Å². The molecule has 0 saturated heterocycles. The lowest BCUT2D eigenvalue weighted by atomic mass is 10.2. The Hall–Kier alpha value is -2.91. The van der Waals surface area contributed by atoms with Crippen LogP contribution in [-0.4, -0.2) is 27.3 Å². The smallest absolute Gasteiger partial charge is 0.324 e. The minimum atomic E-state index is -4.12. The van der Waals surface area contributed by atoms with Gasteiger partial charge in [-0.15, -0.1) is 4.83 Å². The van der Waals surface area contributed by atoms with Gasteiger partial charge in [-0.2, -0.15) is 0 Å². The van der Waals surface area contributed by atoms with Gasteiger partial charge in [0, 0.05) is 5.69 Å². The fourth-order valence-corrected chi connectivity index (χ4v) is 3.14. The number of benzene rings is 2. The molecular weight excluding hydrogens is 358 g/mol. The summed E-state index contributed by atoms with van der Waals surface area (Å²) in [7, 11) is -2.79. The molecule has 0 aromatic heterocycles. The Bertz CT molecular complexity index is 924. The third-order valence-corrected chi connectivity index (χ3v) is 4.69. The molecule has 0 bridgehead atoms. The zero-order chi connectivity index (χ0) is 19.3. The number of nitrogens with one attached hydrogen (secondary N) is 3. The van der Waals surface area contributed by atoms with Gasteiger partial charge >= 0.3 is 11.8 Å². The third kappa shape index (κ3) is 4.80. The normalized spacial score (nSPS) is 10.9. The molecule has 26 heavy (non-hydrogen) atoms. The van der Waals surface area contributed by atoms with Gasteiger partial charge in [-0.3, -0.25) is 15.0 Å². The first-order valence-electron chi connectivity index (χ1n) is 7.57. The highest BCUT2D eigenvalue weighted by Gasteiger charge is 2.22. The van der Waals surface area contributed by atoms with Crippen LogP contribution >= 0.6 is 0 Å². The maximum Gasteiger partial charge on any atom is 0.324 e. The highest BCUT2D eigenvalue weighted by molar-refractivity contribution is 7.89. The van der Waals surface area contributed by atoms with Gasteiger partial charge in [0.25, 0.3) is 10.0 Å². The van der Waals surface area contributed by atoms with E-state index >= 15 is 0 Å². The molecule has 0 heterocycles. The van der Waals surface area contributed by atoms with Gasteiger partial charge in [0.05, 0.1) is 7.11 Å². The second-order valence-electron chi connectivity index (χ2n) is 5.53. The Morgan fingerprint density at radius 1 is 0.923 bits per heavy atom. The Kier molecular flexibility index (Phi) is 5.96. The molecule has 0 spiro atoms. The zero-order valence-corrected chi connectivity index (χ0v) is 15.3. The molecule has 138 valence electrons. The summed E-state index contributed by atoms with van der Waals surface area (Å²) in [6, 6.07) is 11.4. The van der Waals surface area contributed by atoms with E-state index in [0.717, 1.165) is 5.56 Å². The number of carbonyl (C=O) groups excluding carboxylic acids is 2. The molecule has 2 rings (SSSR count). The Labute approximate surface area is 151 Å². The van der Waals surface area contributed by atoms with E-state index in [-0.39, 0.29) is 10.6 Å². The SMILES string of the molecule is COc1ccc(C)cc1S(=O)(=O)NNC(=O)C(=O)Nc1ccc(C)cc1. The van der Waals surface area contributed by atoms with Crippen LogP contribution in [0.5, 0.6) is 5.75 Å². The van der Waals surface area contributed by atoms with Crippen molar-refractivity contribution in [3.63, 3.8) is 0 Å². The summed E-state index contributed by atoms with van der Waals surface area (Å²) in [5, 5.41) is 2.37. The largest absolute Gasteiger partial charge is 0.495 e. The fourth-order valence-electron chi connectivity index (χ4n) is 2.04. The van der Waals surface area contributed by atoms with E-state index in [1.807, 2.05) is 17.2 Å². The van der Waals surface area contributed by atoms with E-state index in [9.17, 15) is 18.0 Å². The van der Waals surface area contributed by atoms with E-state index in [4.69, 9.17) is 4.74 Å². The van der Waals surface area contributed by atoms with E-state index in [1.165, 1.54) is 19.2 Å². The lowest BCUT2D eigenvalue weighted by Gasteiger charge is -2.12. The highest BCUT2D eigenvalue weighted by atomic mass is 32.2. The first kappa shape index (κ1) is 19.4. The summed E-state index contributed by atoms with van der Waals surface area (Å²) >= 11 is 0. The van der Waals surface area contributed by atoms with Crippen molar-refractivity contribution in [3.05, 3.63) is 53.6 Å². The minimum absolute atomic E-state index is 0.112. The van der Waals surface area contributed by atoms with Crippen LogP contribution < -0.4 is 20.3 Å². The summed E-state index contributed by atoms with van der Waals surface area (Å²) in [6.45, 7) is 3.60. The highest BCUT2D eigenvalue weighted by Crippen LogP contribution is 2.24. The predicted octanol–water partition coefficient (Wildman–Crippen LogP) is 1.26. The Morgan fingerprint density at radius 2 is 1.54 bits per heavy atom. The molecule has 0 radical (unpaired) electrons. The van der Waals surface area contributed by atoms with Gasteiger partial charge in [0.15, 0.2) is 0 Å². The van der Waals surface area contributed by atoms with Gasteiger partial charge in [-0.05, 0) is 43.7 Å². The molecule has 3 N–H and O–H groups in total. The number of aryl methyl sites for hydroxylation is 2. The summed E-state index contributed by atoms with van der Waals surface area (Å²) in [6.07, 6.45) is 0. The fraction of sp³-hybridized carbons (Fsp3) is 0.176. The maximum absolute atomic E-state index is 12.3. The molecule has 2 aromatic rings. The van der Waals surface area contributed by atoms with Crippen LogP contribution in [0, 0.1) is 13.8 Å². The number of ether oxygens (including phenoxy) is 1. The molecule has 8 nitrogen and oxygen atoms in total. The number of carbonyl (C=O) groups is 2. The molecule has 0 atom stereocenters. The molecule has 0 aliphatic carbocycles. The molecule has 2 amide bonds. The van der Waals surface area contributed by atoms with E-state index in [0.29, 0.717) is 11.3 Å². The van der Waals surface area contributed by atoms with Crippen molar-refractivity contribution in [2.75, 3.05) is 12.4 Å². The van der Waals surface area contributed by atoms with Crippen molar-refractivity contribution in [2.45, 2.75) is 18.7 Å². The minimum Gasteiger partial charge on any atom is -0.495 e. The second-order valence-corrected chi connectivity index (χ2v) is 7.18. The Morgan fingerprint density at radius 3 is 2.15 bits per heavy atom. The quantitative estimate of drug-likeness (QED) is 0.536. The lowest BCUT2D eigenvalue weighted by molar-refractivity contribution is -0.136. The van der Waals surface area contributed by atoms with Crippen LogP contribution in [-0.2, 0) is 19.6 Å². The molecule has 2 aromatic carbocycles. The van der Waals surface area contributed by atoms with Gasteiger partial charge in [-0.25, -0.2) is 8.42 Å². The first-order chi connectivity index (χ1) is 12.2.